The molecule has 72 valence electrons. The summed E-state index contributed by atoms with van der Waals surface area (Å²) in [5, 5.41) is 5.82. The minimum atomic E-state index is 0.0995. The Labute approximate surface area is 73.7 Å². The third-order valence-corrected chi connectivity index (χ3v) is 1.39. The quantitative estimate of drug-likeness (QED) is 0.523. The smallest absolute Gasteiger partial charge is 0.221 e. The van der Waals surface area contributed by atoms with Crippen molar-refractivity contribution in [2.75, 3.05) is 33.4 Å². The molecule has 4 nitrogen and oxygen atoms in total. The largest absolute Gasteiger partial charge is 0.383 e. The number of nitrogens with one attached hydrogen (secondary N) is 2. The normalized spacial score (nSPS) is 9.83. The van der Waals surface area contributed by atoms with Gasteiger partial charge in [0.1, 0.15) is 0 Å². The zero-order valence-electron chi connectivity index (χ0n) is 7.85. The van der Waals surface area contributed by atoms with E-state index in [0.717, 1.165) is 13.1 Å². The van der Waals surface area contributed by atoms with E-state index in [1.165, 1.54) is 0 Å². The van der Waals surface area contributed by atoms with E-state index in [4.69, 9.17) is 4.74 Å². The number of hydrogen-bond donors (Lipinski definition) is 2. The van der Waals surface area contributed by atoms with E-state index >= 15 is 0 Å². The van der Waals surface area contributed by atoms with Crippen molar-refractivity contribution in [1.29, 1.82) is 0 Å². The lowest BCUT2D eigenvalue weighted by atomic mass is 10.4. The fraction of sp³-hybridized carbons (Fsp3) is 0.875. The SMILES string of the molecule is CCNC(=O)CCNCCOC. The minimum Gasteiger partial charge on any atom is -0.383 e. The number of carbonyl (C=O) groups is 1. The van der Waals surface area contributed by atoms with Crippen LogP contribution in [0.1, 0.15) is 13.3 Å². The molecule has 1 amide bonds. The molecule has 0 aromatic rings. The molecule has 0 aliphatic heterocycles. The molecule has 12 heavy (non-hydrogen) atoms. The van der Waals surface area contributed by atoms with Crippen LogP contribution >= 0.6 is 0 Å². The fourth-order valence-corrected chi connectivity index (χ4v) is 0.787. The predicted molar refractivity (Wildman–Crippen MR) is 48.0 cm³/mol. The predicted octanol–water partition coefficient (Wildman–Crippen LogP) is -0.251. The molecule has 0 saturated carbocycles. The lowest BCUT2D eigenvalue weighted by molar-refractivity contribution is -0.120. The third-order valence-electron chi connectivity index (χ3n) is 1.39. The van der Waals surface area contributed by atoms with Gasteiger partial charge in [-0.3, -0.25) is 4.79 Å². The van der Waals surface area contributed by atoms with Gasteiger partial charge in [-0.25, -0.2) is 0 Å². The second-order valence-corrected chi connectivity index (χ2v) is 2.45. The van der Waals surface area contributed by atoms with E-state index in [1.54, 1.807) is 7.11 Å². The van der Waals surface area contributed by atoms with Crippen molar-refractivity contribution in [2.24, 2.45) is 0 Å². The molecule has 0 atom stereocenters. The zero-order chi connectivity index (χ0) is 9.23. The maximum Gasteiger partial charge on any atom is 0.221 e. The number of ether oxygens (including phenoxy) is 1. The summed E-state index contributed by atoms with van der Waals surface area (Å²) in [4.78, 5) is 10.9. The second-order valence-electron chi connectivity index (χ2n) is 2.45. The highest BCUT2D eigenvalue weighted by Crippen LogP contribution is 1.76. The van der Waals surface area contributed by atoms with E-state index in [0.29, 0.717) is 19.6 Å². The lowest BCUT2D eigenvalue weighted by Crippen LogP contribution is -2.28. The summed E-state index contributed by atoms with van der Waals surface area (Å²) in [7, 11) is 1.66. The van der Waals surface area contributed by atoms with Gasteiger partial charge in [-0.15, -0.1) is 0 Å². The first-order valence-corrected chi connectivity index (χ1v) is 4.27. The molecule has 0 aromatic carbocycles. The van der Waals surface area contributed by atoms with Crippen molar-refractivity contribution in [3.05, 3.63) is 0 Å². The summed E-state index contributed by atoms with van der Waals surface area (Å²) in [5.74, 6) is 0.0995. The highest BCUT2D eigenvalue weighted by molar-refractivity contribution is 5.75. The van der Waals surface area contributed by atoms with Crippen LogP contribution in [0.25, 0.3) is 0 Å². The minimum absolute atomic E-state index is 0.0995. The molecule has 0 aliphatic rings. The van der Waals surface area contributed by atoms with Crippen LogP contribution in [0.5, 0.6) is 0 Å². The van der Waals surface area contributed by atoms with Crippen LogP contribution in [0.4, 0.5) is 0 Å². The molecule has 0 fully saturated rings. The third kappa shape index (κ3) is 7.50. The summed E-state index contributed by atoms with van der Waals surface area (Å²) in [5.41, 5.74) is 0. The zero-order valence-corrected chi connectivity index (χ0v) is 7.85. The van der Waals surface area contributed by atoms with Crippen molar-refractivity contribution >= 4 is 5.91 Å². The average molecular weight is 174 g/mol. The summed E-state index contributed by atoms with van der Waals surface area (Å²) < 4.78 is 4.83. The molecule has 0 saturated heterocycles. The Balaban J connectivity index is 3.03. The van der Waals surface area contributed by atoms with Crippen LogP contribution in [0.15, 0.2) is 0 Å². The van der Waals surface area contributed by atoms with Gasteiger partial charge in [0, 0.05) is 33.2 Å². The Bertz CT molecular complexity index is 118. The molecule has 0 rings (SSSR count). The molecular weight excluding hydrogens is 156 g/mol. The standard InChI is InChI=1S/C8H18N2O2/c1-3-10-8(11)4-5-9-6-7-12-2/h9H,3-7H2,1-2H3,(H,10,11). The second kappa shape index (κ2) is 8.49. The van der Waals surface area contributed by atoms with E-state index in [1.807, 2.05) is 6.92 Å². The van der Waals surface area contributed by atoms with E-state index in [2.05, 4.69) is 10.6 Å². The Morgan fingerprint density at radius 2 is 2.17 bits per heavy atom. The van der Waals surface area contributed by atoms with Gasteiger partial charge in [-0.05, 0) is 6.92 Å². The van der Waals surface area contributed by atoms with Crippen LogP contribution in [0.3, 0.4) is 0 Å². The molecule has 4 heteroatoms. The molecule has 0 heterocycles. The van der Waals surface area contributed by atoms with Crippen LogP contribution in [-0.4, -0.2) is 39.3 Å². The topological polar surface area (TPSA) is 50.4 Å². The molecule has 2 N–H and O–H groups in total. The van der Waals surface area contributed by atoms with E-state index in [9.17, 15) is 4.79 Å². The van der Waals surface area contributed by atoms with Gasteiger partial charge in [0.15, 0.2) is 0 Å². The Hall–Kier alpha value is -0.610. The van der Waals surface area contributed by atoms with Crippen molar-refractivity contribution < 1.29 is 9.53 Å². The average Bonchev–Trinajstić information content (AvgIpc) is 2.05. The Kier molecular flexibility index (Phi) is 8.05. The van der Waals surface area contributed by atoms with Crippen molar-refractivity contribution in [3.63, 3.8) is 0 Å². The monoisotopic (exact) mass is 174 g/mol. The first-order chi connectivity index (χ1) is 5.81. The summed E-state index contributed by atoms with van der Waals surface area (Å²) in [6, 6.07) is 0. The highest BCUT2D eigenvalue weighted by Gasteiger charge is 1.96. The van der Waals surface area contributed by atoms with Crippen LogP contribution in [0.2, 0.25) is 0 Å². The summed E-state index contributed by atoms with van der Waals surface area (Å²) >= 11 is 0. The number of carbonyl (C=O) groups excluding carboxylic acids is 1. The van der Waals surface area contributed by atoms with Crippen molar-refractivity contribution in [3.8, 4) is 0 Å². The lowest BCUT2D eigenvalue weighted by Gasteiger charge is -2.03. The van der Waals surface area contributed by atoms with Gasteiger partial charge < -0.3 is 15.4 Å². The molecule has 0 bridgehead atoms. The van der Waals surface area contributed by atoms with Gasteiger partial charge in [-0.2, -0.15) is 0 Å². The van der Waals surface area contributed by atoms with E-state index in [-0.39, 0.29) is 5.91 Å². The summed E-state index contributed by atoms with van der Waals surface area (Å²) in [6.07, 6.45) is 0.539. The number of rotatable bonds is 7. The first-order valence-electron chi connectivity index (χ1n) is 4.27. The molecule has 0 spiro atoms. The van der Waals surface area contributed by atoms with E-state index < -0.39 is 0 Å². The summed E-state index contributed by atoms with van der Waals surface area (Å²) in [6.45, 7) is 4.83. The van der Waals surface area contributed by atoms with Crippen molar-refractivity contribution in [2.45, 2.75) is 13.3 Å². The van der Waals surface area contributed by atoms with Gasteiger partial charge in [0.05, 0.1) is 6.61 Å². The van der Waals surface area contributed by atoms with Crippen LogP contribution in [-0.2, 0) is 9.53 Å². The highest BCUT2D eigenvalue weighted by atomic mass is 16.5. The first kappa shape index (κ1) is 11.4. The van der Waals surface area contributed by atoms with Gasteiger partial charge in [0.2, 0.25) is 5.91 Å². The van der Waals surface area contributed by atoms with Gasteiger partial charge in [0.25, 0.3) is 0 Å². The molecule has 0 radical (unpaired) electrons. The fourth-order valence-electron chi connectivity index (χ4n) is 0.787. The number of hydrogen-bond acceptors (Lipinski definition) is 3. The van der Waals surface area contributed by atoms with Gasteiger partial charge in [-0.1, -0.05) is 0 Å². The molecule has 0 unspecified atom stereocenters. The maximum atomic E-state index is 10.9. The van der Waals surface area contributed by atoms with Crippen molar-refractivity contribution in [1.82, 2.24) is 10.6 Å². The number of amides is 1. The van der Waals surface area contributed by atoms with Crippen LogP contribution in [0, 0.1) is 0 Å². The maximum absolute atomic E-state index is 10.9. The van der Waals surface area contributed by atoms with Gasteiger partial charge >= 0.3 is 0 Å². The molecular formula is C8H18N2O2. The number of methoxy groups -OCH3 is 1. The Morgan fingerprint density at radius 1 is 1.42 bits per heavy atom. The molecule has 0 aliphatic carbocycles. The molecule has 0 aromatic heterocycles. The Morgan fingerprint density at radius 3 is 2.75 bits per heavy atom. The van der Waals surface area contributed by atoms with Crippen LogP contribution < -0.4 is 10.6 Å².